The Morgan fingerprint density at radius 2 is 2.00 bits per heavy atom. The highest BCUT2D eigenvalue weighted by molar-refractivity contribution is 7.92. The summed E-state index contributed by atoms with van der Waals surface area (Å²) in [5.41, 5.74) is 0.668. The summed E-state index contributed by atoms with van der Waals surface area (Å²) in [6.45, 7) is 3.35. The summed E-state index contributed by atoms with van der Waals surface area (Å²) in [7, 11) is -1.26. The minimum atomic E-state index is -2.86. The van der Waals surface area contributed by atoms with Gasteiger partial charge in [0.25, 0.3) is 0 Å². The highest BCUT2D eigenvalue weighted by Crippen LogP contribution is 1.90. The van der Waals surface area contributed by atoms with E-state index in [0.29, 0.717) is 5.71 Å². The maximum Gasteiger partial charge on any atom is 0.155 e. The van der Waals surface area contributed by atoms with Gasteiger partial charge in [0.2, 0.25) is 0 Å². The molecule has 0 rings (SSSR count). The maximum absolute atomic E-state index is 10.9. The SMILES string of the molecule is CCS(=O)(=O)CC(C)=NC. The quantitative estimate of drug-likeness (QED) is 0.569. The summed E-state index contributed by atoms with van der Waals surface area (Å²) in [5, 5.41) is 0. The van der Waals surface area contributed by atoms with Crippen LogP contribution in [0.2, 0.25) is 0 Å². The largest absolute Gasteiger partial charge is 0.297 e. The Hall–Kier alpha value is -0.380. The smallest absolute Gasteiger partial charge is 0.155 e. The average molecular weight is 163 g/mol. The molecule has 10 heavy (non-hydrogen) atoms. The number of hydrogen-bond donors (Lipinski definition) is 0. The summed E-state index contributed by atoms with van der Waals surface area (Å²) < 4.78 is 21.8. The van der Waals surface area contributed by atoms with Gasteiger partial charge in [-0.15, -0.1) is 0 Å². The van der Waals surface area contributed by atoms with E-state index in [2.05, 4.69) is 4.99 Å². The fraction of sp³-hybridized carbons (Fsp3) is 0.833. The van der Waals surface area contributed by atoms with Gasteiger partial charge in [0, 0.05) is 18.5 Å². The zero-order chi connectivity index (χ0) is 8.20. The van der Waals surface area contributed by atoms with Crippen molar-refractivity contribution < 1.29 is 8.42 Å². The molecule has 0 heterocycles. The normalized spacial score (nSPS) is 13.7. The van der Waals surface area contributed by atoms with E-state index in [1.165, 1.54) is 0 Å². The molecule has 0 fully saturated rings. The lowest BCUT2D eigenvalue weighted by Gasteiger charge is -1.97. The van der Waals surface area contributed by atoms with Crippen LogP contribution in [0.4, 0.5) is 0 Å². The highest BCUT2D eigenvalue weighted by Gasteiger charge is 2.07. The van der Waals surface area contributed by atoms with Gasteiger partial charge >= 0.3 is 0 Å². The van der Waals surface area contributed by atoms with Crippen molar-refractivity contribution in [1.82, 2.24) is 0 Å². The minimum absolute atomic E-state index is 0.0972. The highest BCUT2D eigenvalue weighted by atomic mass is 32.2. The Morgan fingerprint density at radius 1 is 1.50 bits per heavy atom. The van der Waals surface area contributed by atoms with Gasteiger partial charge in [0.15, 0.2) is 9.84 Å². The van der Waals surface area contributed by atoms with Gasteiger partial charge < -0.3 is 0 Å². The van der Waals surface area contributed by atoms with Gasteiger partial charge in [0.1, 0.15) is 0 Å². The molecule has 0 aromatic rings. The second-order valence-electron chi connectivity index (χ2n) is 2.14. The van der Waals surface area contributed by atoms with Crippen LogP contribution in [0.15, 0.2) is 4.99 Å². The molecule has 0 atom stereocenters. The van der Waals surface area contributed by atoms with Crippen LogP contribution >= 0.6 is 0 Å². The van der Waals surface area contributed by atoms with Crippen molar-refractivity contribution in [2.45, 2.75) is 13.8 Å². The number of nitrogens with zero attached hydrogens (tertiary/aromatic N) is 1. The topological polar surface area (TPSA) is 46.5 Å². The van der Waals surface area contributed by atoms with Crippen LogP contribution in [0.5, 0.6) is 0 Å². The van der Waals surface area contributed by atoms with E-state index in [4.69, 9.17) is 0 Å². The molecule has 0 radical (unpaired) electrons. The molecule has 0 aromatic heterocycles. The second kappa shape index (κ2) is 3.71. The lowest BCUT2D eigenvalue weighted by molar-refractivity contribution is 0.601. The molecule has 0 N–H and O–H groups in total. The summed E-state index contributed by atoms with van der Waals surface area (Å²) >= 11 is 0. The Bertz CT molecular complexity index is 216. The van der Waals surface area contributed by atoms with E-state index in [0.717, 1.165) is 0 Å². The number of sulfone groups is 1. The summed E-state index contributed by atoms with van der Waals surface area (Å²) in [6, 6.07) is 0. The van der Waals surface area contributed by atoms with E-state index in [9.17, 15) is 8.42 Å². The second-order valence-corrected chi connectivity index (χ2v) is 4.49. The van der Waals surface area contributed by atoms with Gasteiger partial charge in [-0.25, -0.2) is 8.42 Å². The molecule has 60 valence electrons. The first-order valence-electron chi connectivity index (χ1n) is 3.14. The predicted octanol–water partition coefficient (Wildman–Crippen LogP) is 0.512. The van der Waals surface area contributed by atoms with Gasteiger partial charge in [-0.2, -0.15) is 0 Å². The monoisotopic (exact) mass is 163 g/mol. The van der Waals surface area contributed by atoms with Gasteiger partial charge in [0.05, 0.1) is 5.75 Å². The molecule has 0 aliphatic rings. The summed E-state index contributed by atoms with van der Waals surface area (Å²) in [5.74, 6) is 0.292. The van der Waals surface area contributed by atoms with Crippen LogP contribution in [0.3, 0.4) is 0 Å². The molecule has 0 unspecified atom stereocenters. The molecule has 0 bridgehead atoms. The maximum atomic E-state index is 10.9. The molecule has 0 aliphatic carbocycles. The molecule has 0 amide bonds. The van der Waals surface area contributed by atoms with Crippen LogP contribution in [-0.2, 0) is 9.84 Å². The standard InChI is InChI=1S/C6H13NO2S/c1-4-10(8,9)5-6(2)7-3/h4-5H2,1-3H3. The van der Waals surface area contributed by atoms with E-state index in [1.807, 2.05) is 0 Å². The van der Waals surface area contributed by atoms with Gasteiger partial charge in [-0.3, -0.25) is 4.99 Å². The van der Waals surface area contributed by atoms with Gasteiger partial charge in [-0.1, -0.05) is 6.92 Å². The van der Waals surface area contributed by atoms with Crippen molar-refractivity contribution in [2.75, 3.05) is 18.6 Å². The first-order valence-corrected chi connectivity index (χ1v) is 4.96. The zero-order valence-electron chi connectivity index (χ0n) is 6.59. The molecular weight excluding hydrogens is 150 g/mol. The van der Waals surface area contributed by atoms with Crippen molar-refractivity contribution >= 4 is 15.5 Å². The predicted molar refractivity (Wildman–Crippen MR) is 43.4 cm³/mol. The average Bonchev–Trinajstić information content (AvgIpc) is 1.87. The minimum Gasteiger partial charge on any atom is -0.297 e. The number of hydrogen-bond acceptors (Lipinski definition) is 3. The lowest BCUT2D eigenvalue weighted by atomic mass is 10.5. The van der Waals surface area contributed by atoms with Crippen LogP contribution in [0.1, 0.15) is 13.8 Å². The molecule has 0 saturated carbocycles. The lowest BCUT2D eigenvalue weighted by Crippen LogP contribution is -2.14. The first-order chi connectivity index (χ1) is 4.52. The molecule has 4 heteroatoms. The van der Waals surface area contributed by atoms with Crippen molar-refractivity contribution in [1.29, 1.82) is 0 Å². The third kappa shape index (κ3) is 3.61. The van der Waals surface area contributed by atoms with E-state index in [1.54, 1.807) is 20.9 Å². The third-order valence-electron chi connectivity index (χ3n) is 1.25. The summed E-state index contributed by atoms with van der Waals surface area (Å²) in [4.78, 5) is 3.76. The Labute approximate surface area is 62.1 Å². The number of rotatable bonds is 3. The van der Waals surface area contributed by atoms with E-state index in [-0.39, 0.29) is 11.5 Å². The number of aliphatic imine (C=N–C) groups is 1. The Balaban J connectivity index is 4.17. The van der Waals surface area contributed by atoms with Crippen LogP contribution < -0.4 is 0 Å². The molecule has 0 aliphatic heterocycles. The van der Waals surface area contributed by atoms with E-state index < -0.39 is 9.84 Å². The Kier molecular flexibility index (Phi) is 3.57. The van der Waals surface area contributed by atoms with Crippen LogP contribution in [0.25, 0.3) is 0 Å². The van der Waals surface area contributed by atoms with Crippen molar-refractivity contribution in [3.8, 4) is 0 Å². The third-order valence-corrected chi connectivity index (χ3v) is 2.99. The Morgan fingerprint density at radius 3 is 2.30 bits per heavy atom. The fourth-order valence-electron chi connectivity index (χ4n) is 0.485. The molecular formula is C6H13NO2S. The zero-order valence-corrected chi connectivity index (χ0v) is 7.40. The van der Waals surface area contributed by atoms with Crippen molar-refractivity contribution in [3.63, 3.8) is 0 Å². The fourth-order valence-corrected chi connectivity index (χ4v) is 1.45. The molecule has 0 aromatic carbocycles. The van der Waals surface area contributed by atoms with Crippen molar-refractivity contribution in [3.05, 3.63) is 0 Å². The molecule has 3 nitrogen and oxygen atoms in total. The van der Waals surface area contributed by atoms with Crippen LogP contribution in [-0.4, -0.2) is 32.7 Å². The summed E-state index contributed by atoms with van der Waals surface area (Å²) in [6.07, 6.45) is 0. The first kappa shape index (κ1) is 9.62. The molecule has 0 saturated heterocycles. The molecule has 0 spiro atoms. The van der Waals surface area contributed by atoms with Gasteiger partial charge in [-0.05, 0) is 6.92 Å². The van der Waals surface area contributed by atoms with E-state index >= 15 is 0 Å². The van der Waals surface area contributed by atoms with Crippen molar-refractivity contribution in [2.24, 2.45) is 4.99 Å². The van der Waals surface area contributed by atoms with Crippen LogP contribution in [0, 0.1) is 0 Å².